The molecular weight excluding hydrogens is 221 g/mol. The van der Waals surface area contributed by atoms with Crippen molar-refractivity contribution in [1.29, 1.82) is 0 Å². The van der Waals surface area contributed by atoms with Crippen molar-refractivity contribution in [3.8, 4) is 0 Å². The molecule has 0 amide bonds. The minimum Gasteiger partial charge on any atom is -0.380 e. The molecule has 0 bridgehead atoms. The Labute approximate surface area is 96.7 Å². The Hall–Kier alpha value is -0.670. The fraction of sp³-hybridized carbons (Fsp3) is 0.444. The molecule has 1 aliphatic heterocycles. The number of nitrogens with zero attached hydrogens (tertiary/aromatic N) is 2. The number of anilines is 2. The summed E-state index contributed by atoms with van der Waals surface area (Å²) in [5, 5.41) is 3.33. The molecule has 1 aromatic rings. The maximum absolute atomic E-state index is 4.36. The van der Waals surface area contributed by atoms with E-state index in [0.29, 0.717) is 0 Å². The van der Waals surface area contributed by atoms with Crippen LogP contribution in [0, 0.1) is 6.92 Å². The van der Waals surface area contributed by atoms with Crippen molar-refractivity contribution in [1.82, 2.24) is 4.98 Å². The summed E-state index contributed by atoms with van der Waals surface area (Å²) < 4.78 is 0. The zero-order chi connectivity index (χ0) is 8.55. The van der Waals surface area contributed by atoms with Crippen molar-refractivity contribution < 1.29 is 0 Å². The van der Waals surface area contributed by atoms with Gasteiger partial charge in [0.15, 0.2) is 5.82 Å². The molecule has 0 aromatic carbocycles. The molecule has 0 fully saturated rings. The van der Waals surface area contributed by atoms with E-state index in [1.807, 2.05) is 6.20 Å². The van der Waals surface area contributed by atoms with Crippen LogP contribution in [0.15, 0.2) is 12.3 Å². The molecule has 1 aliphatic rings. The van der Waals surface area contributed by atoms with Gasteiger partial charge in [0.2, 0.25) is 0 Å². The molecule has 3 nitrogen and oxygen atoms in total. The number of halogens is 2. The van der Waals surface area contributed by atoms with Crippen LogP contribution in [-0.4, -0.2) is 25.1 Å². The molecule has 80 valence electrons. The molecule has 14 heavy (non-hydrogen) atoms. The Kier molecular flexibility index (Phi) is 5.02. The summed E-state index contributed by atoms with van der Waals surface area (Å²) in [5.74, 6) is 1.06. The molecule has 0 saturated heterocycles. The van der Waals surface area contributed by atoms with Crippen LogP contribution in [0.5, 0.6) is 0 Å². The average Bonchev–Trinajstić information content (AvgIpc) is 2.04. The van der Waals surface area contributed by atoms with Gasteiger partial charge in [0.1, 0.15) is 0 Å². The lowest BCUT2D eigenvalue weighted by atomic mass is 10.2. The third kappa shape index (κ3) is 2.42. The van der Waals surface area contributed by atoms with Gasteiger partial charge in [-0.1, -0.05) is 0 Å². The van der Waals surface area contributed by atoms with Crippen LogP contribution >= 0.6 is 24.8 Å². The van der Waals surface area contributed by atoms with Gasteiger partial charge in [0, 0.05) is 26.3 Å². The second-order valence-corrected chi connectivity index (χ2v) is 3.23. The predicted molar refractivity (Wildman–Crippen MR) is 65.2 cm³/mol. The number of rotatable bonds is 0. The standard InChI is InChI=1S/C9H13N3.2ClH/c1-7-5-8-9(11-6-7)12(2)4-3-10-8;;/h5-6,10H,3-4H2,1-2H3;2*1H. The number of aryl methyl sites for hydroxylation is 1. The van der Waals surface area contributed by atoms with Crippen molar-refractivity contribution in [3.05, 3.63) is 17.8 Å². The topological polar surface area (TPSA) is 28.2 Å². The molecule has 2 heterocycles. The Morgan fingerprint density at radius 1 is 1.43 bits per heavy atom. The molecule has 0 atom stereocenters. The molecule has 2 rings (SSSR count). The molecule has 0 radical (unpaired) electrons. The Morgan fingerprint density at radius 3 is 2.86 bits per heavy atom. The smallest absolute Gasteiger partial charge is 0.151 e. The number of aromatic nitrogens is 1. The summed E-state index contributed by atoms with van der Waals surface area (Å²) in [5.41, 5.74) is 2.36. The minimum atomic E-state index is 0. The molecule has 0 aliphatic carbocycles. The lowest BCUT2D eigenvalue weighted by Crippen LogP contribution is -2.31. The summed E-state index contributed by atoms with van der Waals surface area (Å²) in [6.45, 7) is 4.10. The fourth-order valence-electron chi connectivity index (χ4n) is 1.46. The van der Waals surface area contributed by atoms with E-state index in [0.717, 1.165) is 24.6 Å². The molecule has 0 saturated carbocycles. The third-order valence-corrected chi connectivity index (χ3v) is 2.13. The minimum absolute atomic E-state index is 0. The first kappa shape index (κ1) is 13.3. The first-order valence-electron chi connectivity index (χ1n) is 4.19. The maximum atomic E-state index is 4.36. The van der Waals surface area contributed by atoms with Crippen molar-refractivity contribution >= 4 is 36.3 Å². The van der Waals surface area contributed by atoms with Crippen LogP contribution in [0.2, 0.25) is 0 Å². The zero-order valence-electron chi connectivity index (χ0n) is 8.28. The number of fused-ring (bicyclic) bond motifs is 1. The summed E-state index contributed by atoms with van der Waals surface area (Å²) in [6.07, 6.45) is 1.91. The maximum Gasteiger partial charge on any atom is 0.151 e. The highest BCUT2D eigenvalue weighted by Gasteiger charge is 2.13. The van der Waals surface area contributed by atoms with E-state index in [2.05, 4.69) is 35.2 Å². The summed E-state index contributed by atoms with van der Waals surface area (Å²) in [7, 11) is 2.07. The van der Waals surface area contributed by atoms with Gasteiger partial charge in [0.25, 0.3) is 0 Å². The second-order valence-electron chi connectivity index (χ2n) is 3.23. The van der Waals surface area contributed by atoms with Crippen LogP contribution in [0.1, 0.15) is 5.56 Å². The first-order valence-corrected chi connectivity index (χ1v) is 4.19. The van der Waals surface area contributed by atoms with Crippen LogP contribution < -0.4 is 10.2 Å². The average molecular weight is 236 g/mol. The van der Waals surface area contributed by atoms with E-state index in [9.17, 15) is 0 Å². The van der Waals surface area contributed by atoms with E-state index in [1.165, 1.54) is 5.56 Å². The van der Waals surface area contributed by atoms with Gasteiger partial charge in [-0.05, 0) is 18.6 Å². The highest BCUT2D eigenvalue weighted by Crippen LogP contribution is 2.25. The third-order valence-electron chi connectivity index (χ3n) is 2.13. The summed E-state index contributed by atoms with van der Waals surface area (Å²) in [6, 6.07) is 2.14. The van der Waals surface area contributed by atoms with Crippen molar-refractivity contribution in [2.24, 2.45) is 0 Å². The van der Waals surface area contributed by atoms with Gasteiger partial charge >= 0.3 is 0 Å². The number of hydrogen-bond acceptors (Lipinski definition) is 3. The highest BCUT2D eigenvalue weighted by atomic mass is 35.5. The van der Waals surface area contributed by atoms with Gasteiger partial charge in [-0.2, -0.15) is 0 Å². The van der Waals surface area contributed by atoms with Crippen molar-refractivity contribution in [3.63, 3.8) is 0 Å². The van der Waals surface area contributed by atoms with E-state index >= 15 is 0 Å². The number of likely N-dealkylation sites (N-methyl/N-ethyl adjacent to an activating group) is 1. The van der Waals surface area contributed by atoms with Gasteiger partial charge in [-0.25, -0.2) is 4.98 Å². The Morgan fingerprint density at radius 2 is 2.14 bits per heavy atom. The molecule has 5 heteroatoms. The molecule has 1 aromatic heterocycles. The van der Waals surface area contributed by atoms with E-state index < -0.39 is 0 Å². The van der Waals surface area contributed by atoms with Gasteiger partial charge in [-0.15, -0.1) is 24.8 Å². The number of hydrogen-bond donors (Lipinski definition) is 1. The lowest BCUT2D eigenvalue weighted by Gasteiger charge is -2.27. The summed E-state index contributed by atoms with van der Waals surface area (Å²) >= 11 is 0. The van der Waals surface area contributed by atoms with Crippen molar-refractivity contribution in [2.45, 2.75) is 6.92 Å². The van der Waals surface area contributed by atoms with Crippen LogP contribution in [-0.2, 0) is 0 Å². The SMILES string of the molecule is Cc1cnc2c(c1)NCCN2C.Cl.Cl. The number of nitrogens with one attached hydrogen (secondary N) is 1. The monoisotopic (exact) mass is 235 g/mol. The van der Waals surface area contributed by atoms with Crippen LogP contribution in [0.25, 0.3) is 0 Å². The van der Waals surface area contributed by atoms with Crippen LogP contribution in [0.3, 0.4) is 0 Å². The Balaban J connectivity index is 0.000000845. The lowest BCUT2D eigenvalue weighted by molar-refractivity contribution is 0.862. The Bertz CT molecular complexity index is 304. The summed E-state index contributed by atoms with van der Waals surface area (Å²) in [4.78, 5) is 6.54. The fourth-order valence-corrected chi connectivity index (χ4v) is 1.46. The molecule has 0 unspecified atom stereocenters. The largest absolute Gasteiger partial charge is 0.380 e. The highest BCUT2D eigenvalue weighted by molar-refractivity contribution is 5.85. The van der Waals surface area contributed by atoms with Crippen LogP contribution in [0.4, 0.5) is 11.5 Å². The molecule has 1 N–H and O–H groups in total. The van der Waals surface area contributed by atoms with E-state index in [4.69, 9.17) is 0 Å². The van der Waals surface area contributed by atoms with E-state index in [-0.39, 0.29) is 24.8 Å². The first-order chi connectivity index (χ1) is 5.77. The van der Waals surface area contributed by atoms with Gasteiger partial charge in [0.05, 0.1) is 5.69 Å². The normalized spacial score (nSPS) is 13.1. The predicted octanol–water partition coefficient (Wildman–Crippen LogP) is 2.10. The number of pyridine rings is 1. The second kappa shape index (κ2) is 5.27. The molecular formula is C9H15Cl2N3. The quantitative estimate of drug-likeness (QED) is 0.747. The van der Waals surface area contributed by atoms with Gasteiger partial charge in [-0.3, -0.25) is 0 Å². The van der Waals surface area contributed by atoms with Crippen molar-refractivity contribution in [2.75, 3.05) is 30.4 Å². The zero-order valence-corrected chi connectivity index (χ0v) is 9.91. The van der Waals surface area contributed by atoms with E-state index in [1.54, 1.807) is 0 Å². The molecule has 0 spiro atoms. The van der Waals surface area contributed by atoms with Gasteiger partial charge < -0.3 is 10.2 Å².